The fourth-order valence-corrected chi connectivity index (χ4v) is 3.19. The fraction of sp³-hybridized carbons (Fsp3) is 0.190. The Bertz CT molecular complexity index is 902. The molecule has 1 saturated heterocycles. The maximum absolute atomic E-state index is 12.4. The lowest BCUT2D eigenvalue weighted by atomic mass is 10.2. The zero-order valence-corrected chi connectivity index (χ0v) is 14.4. The number of carbonyl (C=O) groups is 1. The second kappa shape index (κ2) is 7.35. The molecule has 0 bridgehead atoms. The highest BCUT2D eigenvalue weighted by Gasteiger charge is 2.27. The van der Waals surface area contributed by atoms with E-state index in [4.69, 9.17) is 0 Å². The second-order valence-electron chi connectivity index (χ2n) is 6.42. The standard InChI is InChI=1S/C21H20N4O/c26-21(12-11-17-7-3-1-4-8-17)24-14-13-19(15-24)25-16-20(22-23-25)18-9-5-2-6-10-18/h1-12,16,19H,13-15H2. The van der Waals surface area contributed by atoms with Gasteiger partial charge in [0.1, 0.15) is 5.69 Å². The predicted molar refractivity (Wildman–Crippen MR) is 101 cm³/mol. The number of hydrogen-bond donors (Lipinski definition) is 0. The molecule has 0 N–H and O–H groups in total. The summed E-state index contributed by atoms with van der Waals surface area (Å²) in [5, 5.41) is 8.55. The molecule has 0 spiro atoms. The molecular weight excluding hydrogens is 324 g/mol. The lowest BCUT2D eigenvalue weighted by molar-refractivity contribution is -0.125. The summed E-state index contributed by atoms with van der Waals surface area (Å²) in [4.78, 5) is 14.3. The van der Waals surface area contributed by atoms with Crippen LogP contribution in [0, 0.1) is 0 Å². The molecular formula is C21H20N4O. The molecule has 1 aliphatic rings. The number of benzene rings is 2. The first-order valence-electron chi connectivity index (χ1n) is 8.79. The summed E-state index contributed by atoms with van der Waals surface area (Å²) in [5.74, 6) is 0.0414. The van der Waals surface area contributed by atoms with Crippen LogP contribution in [-0.4, -0.2) is 38.9 Å². The van der Waals surface area contributed by atoms with Crippen molar-refractivity contribution in [3.8, 4) is 11.3 Å². The van der Waals surface area contributed by atoms with Gasteiger partial charge in [0.2, 0.25) is 5.91 Å². The number of nitrogens with zero attached hydrogens (tertiary/aromatic N) is 4. The van der Waals surface area contributed by atoms with Crippen molar-refractivity contribution in [1.29, 1.82) is 0 Å². The molecule has 5 nitrogen and oxygen atoms in total. The van der Waals surface area contributed by atoms with E-state index in [1.54, 1.807) is 6.08 Å². The number of rotatable bonds is 4. The lowest BCUT2D eigenvalue weighted by Crippen LogP contribution is -2.27. The maximum Gasteiger partial charge on any atom is 0.246 e. The van der Waals surface area contributed by atoms with E-state index in [2.05, 4.69) is 10.3 Å². The minimum Gasteiger partial charge on any atom is -0.337 e. The molecule has 2 heterocycles. The van der Waals surface area contributed by atoms with E-state index in [0.717, 1.165) is 29.8 Å². The molecule has 1 fully saturated rings. The number of amides is 1. The summed E-state index contributed by atoms with van der Waals surface area (Å²) < 4.78 is 1.89. The average Bonchev–Trinajstić information content (AvgIpc) is 3.37. The van der Waals surface area contributed by atoms with Gasteiger partial charge in [-0.05, 0) is 18.1 Å². The van der Waals surface area contributed by atoms with E-state index < -0.39 is 0 Å². The molecule has 130 valence electrons. The lowest BCUT2D eigenvalue weighted by Gasteiger charge is -2.14. The van der Waals surface area contributed by atoms with Gasteiger partial charge in [-0.25, -0.2) is 4.68 Å². The van der Waals surface area contributed by atoms with E-state index in [-0.39, 0.29) is 11.9 Å². The number of hydrogen-bond acceptors (Lipinski definition) is 3. The van der Waals surface area contributed by atoms with Crippen LogP contribution in [-0.2, 0) is 4.79 Å². The molecule has 3 aromatic rings. The van der Waals surface area contributed by atoms with Crippen molar-refractivity contribution in [2.75, 3.05) is 13.1 Å². The van der Waals surface area contributed by atoms with Crippen molar-refractivity contribution in [1.82, 2.24) is 19.9 Å². The van der Waals surface area contributed by atoms with Gasteiger partial charge in [0, 0.05) is 24.7 Å². The van der Waals surface area contributed by atoms with Crippen LogP contribution < -0.4 is 0 Å². The number of carbonyl (C=O) groups excluding carboxylic acids is 1. The first-order chi connectivity index (χ1) is 12.8. The Morgan fingerprint density at radius 3 is 2.54 bits per heavy atom. The zero-order valence-electron chi connectivity index (χ0n) is 14.4. The van der Waals surface area contributed by atoms with Crippen molar-refractivity contribution in [3.63, 3.8) is 0 Å². The first kappa shape index (κ1) is 16.3. The van der Waals surface area contributed by atoms with E-state index in [9.17, 15) is 4.79 Å². The van der Waals surface area contributed by atoms with Gasteiger partial charge in [-0.1, -0.05) is 65.9 Å². The smallest absolute Gasteiger partial charge is 0.246 e. The molecule has 1 unspecified atom stereocenters. The van der Waals surface area contributed by atoms with Gasteiger partial charge in [0.05, 0.1) is 12.2 Å². The molecule has 1 amide bonds. The third-order valence-corrected chi connectivity index (χ3v) is 4.65. The van der Waals surface area contributed by atoms with Crippen molar-refractivity contribution in [2.24, 2.45) is 0 Å². The molecule has 0 saturated carbocycles. The summed E-state index contributed by atoms with van der Waals surface area (Å²) in [5.41, 5.74) is 2.94. The van der Waals surface area contributed by atoms with E-state index in [1.807, 2.05) is 82.5 Å². The molecule has 5 heteroatoms. The van der Waals surface area contributed by atoms with Crippen molar-refractivity contribution in [2.45, 2.75) is 12.5 Å². The Balaban J connectivity index is 1.40. The topological polar surface area (TPSA) is 51.0 Å². The third-order valence-electron chi connectivity index (χ3n) is 4.65. The fourth-order valence-electron chi connectivity index (χ4n) is 3.19. The summed E-state index contributed by atoms with van der Waals surface area (Å²) in [6, 6.07) is 20.0. The Kier molecular flexibility index (Phi) is 4.60. The Morgan fingerprint density at radius 1 is 1.04 bits per heavy atom. The summed E-state index contributed by atoms with van der Waals surface area (Å²) in [7, 11) is 0. The van der Waals surface area contributed by atoms with Crippen molar-refractivity contribution in [3.05, 3.63) is 78.5 Å². The van der Waals surface area contributed by atoms with Crippen LogP contribution in [0.5, 0.6) is 0 Å². The van der Waals surface area contributed by atoms with Crippen LogP contribution in [0.25, 0.3) is 17.3 Å². The first-order valence-corrected chi connectivity index (χ1v) is 8.79. The molecule has 0 radical (unpaired) electrons. The van der Waals surface area contributed by atoms with Crippen LogP contribution in [0.4, 0.5) is 0 Å². The van der Waals surface area contributed by atoms with E-state index >= 15 is 0 Å². The normalized spacial score (nSPS) is 17.1. The Morgan fingerprint density at radius 2 is 1.77 bits per heavy atom. The molecule has 1 aromatic heterocycles. The molecule has 2 aromatic carbocycles. The predicted octanol–water partition coefficient (Wildman–Crippen LogP) is 3.43. The van der Waals surface area contributed by atoms with Gasteiger partial charge in [0.25, 0.3) is 0 Å². The van der Waals surface area contributed by atoms with Crippen LogP contribution in [0.3, 0.4) is 0 Å². The minimum atomic E-state index is 0.0414. The van der Waals surface area contributed by atoms with Gasteiger partial charge in [0.15, 0.2) is 0 Å². The van der Waals surface area contributed by atoms with Gasteiger partial charge >= 0.3 is 0 Å². The second-order valence-corrected chi connectivity index (χ2v) is 6.42. The Hall–Kier alpha value is -3.21. The van der Waals surface area contributed by atoms with Gasteiger partial charge < -0.3 is 4.90 Å². The highest BCUT2D eigenvalue weighted by molar-refractivity contribution is 5.91. The largest absolute Gasteiger partial charge is 0.337 e. The minimum absolute atomic E-state index is 0.0414. The van der Waals surface area contributed by atoms with E-state index in [0.29, 0.717) is 6.54 Å². The molecule has 1 aliphatic heterocycles. The molecule has 1 atom stereocenters. The summed E-state index contributed by atoms with van der Waals surface area (Å²) >= 11 is 0. The molecule has 0 aliphatic carbocycles. The van der Waals surface area contributed by atoms with Gasteiger partial charge in [-0.3, -0.25) is 4.79 Å². The maximum atomic E-state index is 12.4. The molecule has 4 rings (SSSR count). The van der Waals surface area contributed by atoms with Crippen molar-refractivity contribution >= 4 is 12.0 Å². The third kappa shape index (κ3) is 3.57. The molecule has 26 heavy (non-hydrogen) atoms. The van der Waals surface area contributed by atoms with Crippen LogP contribution in [0.2, 0.25) is 0 Å². The average molecular weight is 344 g/mol. The highest BCUT2D eigenvalue weighted by atomic mass is 16.2. The van der Waals surface area contributed by atoms with Crippen molar-refractivity contribution < 1.29 is 4.79 Å². The summed E-state index contributed by atoms with van der Waals surface area (Å²) in [6.07, 6.45) is 6.36. The van der Waals surface area contributed by atoms with Crippen LogP contribution in [0.15, 0.2) is 72.9 Å². The highest BCUT2D eigenvalue weighted by Crippen LogP contribution is 2.23. The van der Waals surface area contributed by atoms with E-state index in [1.165, 1.54) is 0 Å². The zero-order chi connectivity index (χ0) is 17.8. The summed E-state index contributed by atoms with van der Waals surface area (Å²) in [6.45, 7) is 1.40. The number of likely N-dealkylation sites (tertiary alicyclic amines) is 1. The Labute approximate surface area is 152 Å². The van der Waals surface area contributed by atoms with Crippen LogP contribution in [0.1, 0.15) is 18.0 Å². The van der Waals surface area contributed by atoms with Gasteiger partial charge in [-0.15, -0.1) is 5.10 Å². The monoisotopic (exact) mass is 344 g/mol. The number of aromatic nitrogens is 3. The van der Waals surface area contributed by atoms with Crippen LogP contribution >= 0.6 is 0 Å². The van der Waals surface area contributed by atoms with Gasteiger partial charge in [-0.2, -0.15) is 0 Å². The SMILES string of the molecule is O=C(C=Cc1ccccc1)N1CCC(n2cc(-c3ccccc3)nn2)C1. The quantitative estimate of drug-likeness (QED) is 0.681.